The summed E-state index contributed by atoms with van der Waals surface area (Å²) in [6, 6.07) is 64.1. The van der Waals surface area contributed by atoms with Crippen molar-refractivity contribution >= 4 is 103 Å². The van der Waals surface area contributed by atoms with Crippen LogP contribution in [-0.2, 0) is 0 Å². The van der Waals surface area contributed by atoms with Crippen LogP contribution >= 0.6 is 0 Å². The third-order valence-electron chi connectivity index (χ3n) is 11.2. The van der Waals surface area contributed by atoms with Gasteiger partial charge in [-0.3, -0.25) is 0 Å². The van der Waals surface area contributed by atoms with Crippen LogP contribution in [0.1, 0.15) is 0 Å². The normalized spacial score (nSPS) is 11.4. The minimum absolute atomic E-state index is 0.336. The van der Waals surface area contributed by atoms with Crippen molar-refractivity contribution < 1.29 is 4.42 Å². The van der Waals surface area contributed by atoms with E-state index in [4.69, 9.17) is 35.8 Å². The average Bonchev–Trinajstić information content (AvgIpc) is 3.68. The van der Waals surface area contributed by atoms with Gasteiger partial charge in [0.1, 0.15) is 42.6 Å². The number of furan rings is 1. The van der Waals surface area contributed by atoms with E-state index >= 15 is 0 Å². The Hall–Kier alpha value is -6.90. The largest absolute Gasteiger partial charge is 0.455 e. The van der Waals surface area contributed by atoms with Gasteiger partial charge >= 0.3 is 0 Å². The summed E-state index contributed by atoms with van der Waals surface area (Å²) in [6.07, 6.45) is 0. The van der Waals surface area contributed by atoms with Gasteiger partial charge in [0, 0.05) is 33.1 Å². The van der Waals surface area contributed by atoms with Crippen molar-refractivity contribution in [1.82, 2.24) is 0 Å². The van der Waals surface area contributed by atoms with Gasteiger partial charge in [0.15, 0.2) is 0 Å². The van der Waals surface area contributed by atoms with Crippen LogP contribution in [0.5, 0.6) is 0 Å². The van der Waals surface area contributed by atoms with E-state index in [1.807, 2.05) is 84.9 Å². The molecule has 8 radical (unpaired) electrons. The van der Waals surface area contributed by atoms with Crippen LogP contribution in [0.15, 0.2) is 192 Å². The minimum Gasteiger partial charge on any atom is -0.455 e. The molecule has 0 N–H and O–H groups in total. The lowest BCUT2D eigenvalue weighted by Crippen LogP contribution is -2.46. The van der Waals surface area contributed by atoms with Crippen LogP contribution in [0.25, 0.3) is 77.2 Å². The summed E-state index contributed by atoms with van der Waals surface area (Å²) < 4.78 is 6.52. The first kappa shape index (κ1) is 35.5. The van der Waals surface area contributed by atoms with Crippen LogP contribution in [0.4, 0.5) is 17.1 Å². The zero-order chi connectivity index (χ0) is 39.3. The van der Waals surface area contributed by atoms with E-state index in [-0.39, 0.29) is 0 Å². The van der Waals surface area contributed by atoms with Gasteiger partial charge in [0.2, 0.25) is 0 Å². The fourth-order valence-electron chi connectivity index (χ4n) is 8.33. The second-order valence-corrected chi connectivity index (χ2v) is 14.5. The van der Waals surface area contributed by atoms with Crippen LogP contribution in [0, 0.1) is 0 Å². The van der Waals surface area contributed by atoms with Crippen molar-refractivity contribution in [3.05, 3.63) is 188 Å². The van der Waals surface area contributed by atoms with Crippen LogP contribution < -0.4 is 26.8 Å². The number of hydrogen-bond donors (Lipinski definition) is 0. The van der Waals surface area contributed by atoms with Gasteiger partial charge in [0.05, 0.1) is 5.69 Å². The number of para-hydroxylation sites is 1. The van der Waals surface area contributed by atoms with Gasteiger partial charge in [-0.25, -0.2) is 0 Å². The second kappa shape index (κ2) is 14.6. The SMILES string of the molecule is [B]c1c([B])c(N(c2ccc(-c3cccc4oc5c6ccccc6ccc5c34)cc2)c2ccccc2-c2ccccc2)c([B])c([B])c1-c1ccc(-c2ccccc2)cc1. The highest BCUT2D eigenvalue weighted by Gasteiger charge is 2.24. The van der Waals surface area contributed by atoms with E-state index in [1.165, 1.54) is 0 Å². The van der Waals surface area contributed by atoms with Crippen LogP contribution in [-0.4, -0.2) is 31.4 Å². The predicted octanol–water partition coefficient (Wildman–Crippen LogP) is 10.1. The maximum absolute atomic E-state index is 7.13. The monoisotopic (exact) mass is 729 g/mol. The Kier molecular flexibility index (Phi) is 8.91. The zero-order valence-electron chi connectivity index (χ0n) is 31.6. The number of fused-ring (bicyclic) bond motifs is 5. The Labute approximate surface area is 343 Å². The molecule has 0 aliphatic heterocycles. The molecule has 2 nitrogen and oxygen atoms in total. The topological polar surface area (TPSA) is 16.4 Å². The van der Waals surface area contributed by atoms with Crippen molar-refractivity contribution in [2.24, 2.45) is 0 Å². The maximum Gasteiger partial charge on any atom is 0.143 e. The highest BCUT2D eigenvalue weighted by molar-refractivity contribution is 6.63. The third-order valence-corrected chi connectivity index (χ3v) is 11.2. The van der Waals surface area contributed by atoms with E-state index in [0.717, 1.165) is 83.0 Å². The first-order valence-corrected chi connectivity index (χ1v) is 19.3. The Balaban J connectivity index is 1.13. The maximum atomic E-state index is 7.13. The van der Waals surface area contributed by atoms with Crippen LogP contribution in [0.2, 0.25) is 0 Å². The predicted molar refractivity (Wildman–Crippen MR) is 249 cm³/mol. The highest BCUT2D eigenvalue weighted by atomic mass is 16.3. The average molecular weight is 729 g/mol. The summed E-state index contributed by atoms with van der Waals surface area (Å²) in [4.78, 5) is 2.08. The highest BCUT2D eigenvalue weighted by Crippen LogP contribution is 2.43. The molecule has 0 spiro atoms. The Morgan fingerprint density at radius 3 is 1.66 bits per heavy atom. The van der Waals surface area contributed by atoms with Crippen molar-refractivity contribution in [3.8, 4) is 44.5 Å². The zero-order valence-corrected chi connectivity index (χ0v) is 31.6. The van der Waals surface area contributed by atoms with E-state index in [0.29, 0.717) is 33.1 Å². The van der Waals surface area contributed by atoms with Crippen molar-refractivity contribution in [3.63, 3.8) is 0 Å². The van der Waals surface area contributed by atoms with E-state index in [1.54, 1.807) is 0 Å². The molecule has 0 aliphatic carbocycles. The summed E-state index contributed by atoms with van der Waals surface area (Å²) in [6.45, 7) is 0. The molecule has 0 unspecified atom stereocenters. The molecule has 0 saturated heterocycles. The Morgan fingerprint density at radius 1 is 0.379 bits per heavy atom. The molecule has 0 amide bonds. The van der Waals surface area contributed by atoms with Gasteiger partial charge in [-0.05, 0) is 74.7 Å². The van der Waals surface area contributed by atoms with Gasteiger partial charge in [-0.2, -0.15) is 0 Å². The summed E-state index contributed by atoms with van der Waals surface area (Å²) in [7, 11) is 28.3. The Bertz CT molecular complexity index is 3110. The van der Waals surface area contributed by atoms with E-state index < -0.39 is 0 Å². The molecule has 58 heavy (non-hydrogen) atoms. The first-order chi connectivity index (χ1) is 28.5. The summed E-state index contributed by atoms with van der Waals surface area (Å²) in [5.74, 6) is 0. The molecule has 0 atom stereocenters. The molecular formula is C52H31B4NO. The number of benzene rings is 9. The molecular weight excluding hydrogens is 698 g/mol. The summed E-state index contributed by atoms with van der Waals surface area (Å²) in [5.41, 5.74) is 13.1. The molecule has 0 bridgehead atoms. The third kappa shape index (κ3) is 5.96. The van der Waals surface area contributed by atoms with E-state index in [9.17, 15) is 0 Å². The number of nitrogens with zero attached hydrogens (tertiary/aromatic N) is 1. The van der Waals surface area contributed by atoms with Gasteiger partial charge in [0.25, 0.3) is 0 Å². The summed E-state index contributed by atoms with van der Waals surface area (Å²) >= 11 is 0. The van der Waals surface area contributed by atoms with Gasteiger partial charge in [-0.15, -0.1) is 0 Å². The van der Waals surface area contributed by atoms with Gasteiger partial charge < -0.3 is 9.32 Å². The lowest BCUT2D eigenvalue weighted by atomic mass is 9.64. The Morgan fingerprint density at radius 2 is 0.931 bits per heavy atom. The first-order valence-electron chi connectivity index (χ1n) is 19.3. The lowest BCUT2D eigenvalue weighted by Gasteiger charge is -2.34. The molecule has 262 valence electrons. The van der Waals surface area contributed by atoms with Crippen LogP contribution in [0.3, 0.4) is 0 Å². The number of rotatable bonds is 7. The molecule has 0 fully saturated rings. The molecule has 0 aliphatic rings. The molecule has 0 saturated carbocycles. The van der Waals surface area contributed by atoms with Gasteiger partial charge in [-0.1, -0.05) is 180 Å². The molecule has 9 aromatic carbocycles. The molecule has 10 aromatic rings. The number of hydrogen-bond acceptors (Lipinski definition) is 2. The van der Waals surface area contributed by atoms with Crippen molar-refractivity contribution in [1.29, 1.82) is 0 Å². The van der Waals surface area contributed by atoms with Crippen molar-refractivity contribution in [2.75, 3.05) is 4.90 Å². The fourth-order valence-corrected chi connectivity index (χ4v) is 8.33. The molecule has 10 rings (SSSR count). The van der Waals surface area contributed by atoms with E-state index in [2.05, 4.69) is 108 Å². The molecule has 1 heterocycles. The smallest absolute Gasteiger partial charge is 0.143 e. The second-order valence-electron chi connectivity index (χ2n) is 14.5. The number of anilines is 3. The fraction of sp³-hybridized carbons (Fsp3) is 0. The quantitative estimate of drug-likeness (QED) is 0.152. The standard InChI is InChI=1S/C52H31B4NO/c53-47-45(37-24-22-33(23-25-37)32-12-3-1-4-13-32)48(54)50(56)51(49(47)55)57(43-20-10-9-17-39(43)34-14-5-2-6-15-34)38-29-26-36(27-30-38)40-19-11-21-44-46(40)42-31-28-35-16-7-8-18-41(35)52(42)58-44/h1-31H. The minimum atomic E-state index is 0.336. The lowest BCUT2D eigenvalue weighted by molar-refractivity contribution is 0.673. The summed E-state index contributed by atoms with van der Waals surface area (Å²) in [5, 5.41) is 4.38. The van der Waals surface area contributed by atoms with Crippen molar-refractivity contribution in [2.45, 2.75) is 0 Å². The molecule has 6 heteroatoms. The molecule has 1 aromatic heterocycles.